The van der Waals surface area contributed by atoms with E-state index in [2.05, 4.69) is 51.4 Å². The first-order valence-electron chi connectivity index (χ1n) is 8.43. The van der Waals surface area contributed by atoms with E-state index in [-0.39, 0.29) is 6.04 Å². The molecule has 0 aliphatic heterocycles. The second-order valence-corrected chi connectivity index (χ2v) is 6.33. The van der Waals surface area contributed by atoms with Gasteiger partial charge in [0.05, 0.1) is 23.1 Å². The number of hydrogen-bond donors (Lipinski definition) is 1. The number of hydrogen-bond acceptors (Lipinski definition) is 6. The number of aromatic nitrogens is 7. The van der Waals surface area contributed by atoms with Crippen molar-refractivity contribution in [1.82, 2.24) is 34.2 Å². The topological polar surface area (TPSA) is 85.3 Å². The molecule has 4 heterocycles. The van der Waals surface area contributed by atoms with E-state index >= 15 is 0 Å². The Labute approximate surface area is 144 Å². The van der Waals surface area contributed by atoms with E-state index in [1.807, 2.05) is 28.9 Å². The van der Waals surface area contributed by atoms with Crippen molar-refractivity contribution in [3.05, 3.63) is 48.4 Å². The molecule has 1 unspecified atom stereocenters. The van der Waals surface area contributed by atoms with Crippen LogP contribution in [0.25, 0.3) is 11.4 Å². The molecule has 1 atom stereocenters. The molecule has 128 valence electrons. The summed E-state index contributed by atoms with van der Waals surface area (Å²) < 4.78 is 3.65. The maximum atomic E-state index is 4.64. The number of imidazole rings is 1. The maximum Gasteiger partial charge on any atom is 0.233 e. The molecule has 0 amide bonds. The summed E-state index contributed by atoms with van der Waals surface area (Å²) >= 11 is 0. The first-order chi connectivity index (χ1) is 12.2. The van der Waals surface area contributed by atoms with Crippen LogP contribution in [0, 0.1) is 0 Å². The minimum atomic E-state index is 0.0459. The normalized spacial score (nSPS) is 13.0. The third-order valence-electron chi connectivity index (χ3n) is 4.23. The molecule has 0 saturated heterocycles. The van der Waals surface area contributed by atoms with Crippen LogP contribution in [-0.2, 0) is 0 Å². The lowest BCUT2D eigenvalue weighted by Gasteiger charge is -2.17. The van der Waals surface area contributed by atoms with Gasteiger partial charge in [-0.1, -0.05) is 20.8 Å². The zero-order valence-corrected chi connectivity index (χ0v) is 14.5. The standard InChI is InChI=1S/C17H20N8/c1-4-12(15-9-24-7-5-6-18-17(24)21-15)20-14-8-13(11(2)3)23-25-10-19-22-16(14)25/h5-12,20H,4H2,1-3H3. The number of anilines is 1. The Balaban J connectivity index is 1.74. The van der Waals surface area contributed by atoms with Gasteiger partial charge >= 0.3 is 0 Å². The number of nitrogens with zero attached hydrogens (tertiary/aromatic N) is 7. The third kappa shape index (κ3) is 2.79. The number of fused-ring (bicyclic) bond motifs is 2. The number of nitrogens with one attached hydrogen (secondary N) is 1. The predicted molar refractivity (Wildman–Crippen MR) is 94.5 cm³/mol. The summed E-state index contributed by atoms with van der Waals surface area (Å²) in [7, 11) is 0. The van der Waals surface area contributed by atoms with Crippen molar-refractivity contribution in [2.45, 2.75) is 39.2 Å². The predicted octanol–water partition coefficient (Wildman–Crippen LogP) is 2.85. The summed E-state index contributed by atoms with van der Waals surface area (Å²) in [6.07, 6.45) is 8.21. The summed E-state index contributed by atoms with van der Waals surface area (Å²) in [6, 6.07) is 3.99. The summed E-state index contributed by atoms with van der Waals surface area (Å²) in [6.45, 7) is 6.36. The monoisotopic (exact) mass is 336 g/mol. The minimum absolute atomic E-state index is 0.0459. The highest BCUT2D eigenvalue weighted by molar-refractivity contribution is 5.67. The SMILES string of the molecule is CCC(Nc1cc(C(C)C)nn2cnnc12)c1cn2cccnc2n1. The quantitative estimate of drug-likeness (QED) is 0.603. The molecule has 8 heteroatoms. The molecule has 0 bridgehead atoms. The third-order valence-corrected chi connectivity index (χ3v) is 4.23. The van der Waals surface area contributed by atoms with Crippen molar-refractivity contribution in [3.63, 3.8) is 0 Å². The van der Waals surface area contributed by atoms with Gasteiger partial charge in [-0.25, -0.2) is 9.97 Å². The van der Waals surface area contributed by atoms with Gasteiger partial charge in [-0.15, -0.1) is 10.2 Å². The van der Waals surface area contributed by atoms with Crippen LogP contribution in [0.1, 0.15) is 50.5 Å². The van der Waals surface area contributed by atoms with Crippen LogP contribution in [0.5, 0.6) is 0 Å². The molecule has 8 nitrogen and oxygen atoms in total. The molecule has 0 saturated carbocycles. The second-order valence-electron chi connectivity index (χ2n) is 6.33. The molecule has 25 heavy (non-hydrogen) atoms. The molecule has 0 fully saturated rings. The fourth-order valence-electron chi connectivity index (χ4n) is 2.82. The second kappa shape index (κ2) is 6.12. The molecule has 4 rings (SSSR count). The Morgan fingerprint density at radius 1 is 1.24 bits per heavy atom. The van der Waals surface area contributed by atoms with E-state index in [1.165, 1.54) is 0 Å². The van der Waals surface area contributed by atoms with Gasteiger partial charge in [0.25, 0.3) is 0 Å². The zero-order chi connectivity index (χ0) is 17.4. The average molecular weight is 336 g/mol. The Morgan fingerprint density at radius 2 is 2.12 bits per heavy atom. The van der Waals surface area contributed by atoms with E-state index in [0.717, 1.165) is 23.5 Å². The molecule has 0 radical (unpaired) electrons. The molecular formula is C17H20N8. The Bertz CT molecular complexity index is 983. The Kier molecular flexibility index (Phi) is 3.79. The van der Waals surface area contributed by atoms with E-state index in [1.54, 1.807) is 17.0 Å². The van der Waals surface area contributed by atoms with Crippen molar-refractivity contribution >= 4 is 17.1 Å². The van der Waals surface area contributed by atoms with Gasteiger partial charge in [-0.3, -0.25) is 4.40 Å². The van der Waals surface area contributed by atoms with Gasteiger partial charge in [0.15, 0.2) is 0 Å². The van der Waals surface area contributed by atoms with Gasteiger partial charge in [-0.2, -0.15) is 9.61 Å². The van der Waals surface area contributed by atoms with Crippen molar-refractivity contribution in [2.24, 2.45) is 0 Å². The summed E-state index contributed by atoms with van der Waals surface area (Å²) in [4.78, 5) is 8.93. The zero-order valence-electron chi connectivity index (χ0n) is 14.5. The molecule has 4 aromatic heterocycles. The average Bonchev–Trinajstić information content (AvgIpc) is 3.25. The van der Waals surface area contributed by atoms with E-state index in [4.69, 9.17) is 0 Å². The fourth-order valence-corrected chi connectivity index (χ4v) is 2.82. The fraction of sp³-hybridized carbons (Fsp3) is 0.353. The largest absolute Gasteiger partial charge is 0.373 e. The minimum Gasteiger partial charge on any atom is -0.373 e. The Hall–Kier alpha value is -3.03. The lowest BCUT2D eigenvalue weighted by molar-refractivity contribution is 0.722. The van der Waals surface area contributed by atoms with Gasteiger partial charge in [0.2, 0.25) is 11.4 Å². The maximum absolute atomic E-state index is 4.64. The van der Waals surface area contributed by atoms with Crippen LogP contribution >= 0.6 is 0 Å². The van der Waals surface area contributed by atoms with Crippen LogP contribution in [0.2, 0.25) is 0 Å². The molecule has 4 aromatic rings. The van der Waals surface area contributed by atoms with Gasteiger partial charge in [-0.05, 0) is 24.5 Å². The lowest BCUT2D eigenvalue weighted by Crippen LogP contribution is -2.12. The van der Waals surface area contributed by atoms with Crippen molar-refractivity contribution in [2.75, 3.05) is 5.32 Å². The molecule has 1 N–H and O–H groups in total. The number of rotatable bonds is 5. The Morgan fingerprint density at radius 3 is 2.88 bits per heavy atom. The van der Waals surface area contributed by atoms with E-state index < -0.39 is 0 Å². The molecule has 0 aromatic carbocycles. The molecule has 0 aliphatic carbocycles. The van der Waals surface area contributed by atoms with Crippen LogP contribution in [0.3, 0.4) is 0 Å². The van der Waals surface area contributed by atoms with Crippen LogP contribution < -0.4 is 5.32 Å². The van der Waals surface area contributed by atoms with E-state index in [0.29, 0.717) is 17.3 Å². The van der Waals surface area contributed by atoms with Crippen molar-refractivity contribution in [3.8, 4) is 0 Å². The lowest BCUT2D eigenvalue weighted by atomic mass is 10.1. The first-order valence-corrected chi connectivity index (χ1v) is 8.43. The van der Waals surface area contributed by atoms with Gasteiger partial charge < -0.3 is 5.32 Å². The first kappa shape index (κ1) is 15.5. The van der Waals surface area contributed by atoms with E-state index in [9.17, 15) is 0 Å². The van der Waals surface area contributed by atoms with Gasteiger partial charge in [0.1, 0.15) is 6.33 Å². The van der Waals surface area contributed by atoms with Crippen molar-refractivity contribution < 1.29 is 0 Å². The highest BCUT2D eigenvalue weighted by Crippen LogP contribution is 2.26. The van der Waals surface area contributed by atoms with Crippen molar-refractivity contribution in [1.29, 1.82) is 0 Å². The summed E-state index contributed by atoms with van der Waals surface area (Å²) in [5.74, 6) is 1.01. The van der Waals surface area contributed by atoms with Crippen LogP contribution in [-0.4, -0.2) is 34.2 Å². The highest BCUT2D eigenvalue weighted by Gasteiger charge is 2.17. The van der Waals surface area contributed by atoms with Gasteiger partial charge in [0, 0.05) is 18.6 Å². The molecular weight excluding hydrogens is 316 g/mol. The van der Waals surface area contributed by atoms with Crippen LogP contribution in [0.4, 0.5) is 5.69 Å². The highest BCUT2D eigenvalue weighted by atomic mass is 15.3. The summed E-state index contributed by atoms with van der Waals surface area (Å²) in [5.41, 5.74) is 3.56. The smallest absolute Gasteiger partial charge is 0.233 e. The molecule has 0 spiro atoms. The summed E-state index contributed by atoms with van der Waals surface area (Å²) in [5, 5.41) is 16.3. The van der Waals surface area contributed by atoms with Crippen LogP contribution in [0.15, 0.2) is 37.1 Å². The molecule has 0 aliphatic rings.